The number of fused-ring (bicyclic) bond motifs is 1. The van der Waals surface area contributed by atoms with Gasteiger partial charge in [0.15, 0.2) is 0 Å². The number of carbonyl (C=O) groups is 4. The number of amides is 2. The quantitative estimate of drug-likeness (QED) is 0.401. The van der Waals surface area contributed by atoms with E-state index in [0.29, 0.717) is 59.2 Å². The molecule has 3 aliphatic rings. The van der Waals surface area contributed by atoms with Gasteiger partial charge in [0.05, 0.1) is 23.6 Å². The number of esters is 1. The van der Waals surface area contributed by atoms with E-state index in [1.54, 1.807) is 24.3 Å². The number of aromatic nitrogens is 2. The Hall–Kier alpha value is -3.66. The van der Waals surface area contributed by atoms with Crippen LogP contribution in [0.15, 0.2) is 30.6 Å². The molecule has 3 atom stereocenters. The number of rotatable bonds is 8. The fourth-order valence-electron chi connectivity index (χ4n) is 6.45. The predicted octanol–water partition coefficient (Wildman–Crippen LogP) is 1.82. The minimum absolute atomic E-state index is 0.0158. The van der Waals surface area contributed by atoms with Gasteiger partial charge in [0.1, 0.15) is 17.5 Å². The topological polar surface area (TPSA) is 136 Å². The molecule has 206 valence electrons. The molecule has 1 aromatic heterocycles. The predicted molar refractivity (Wildman–Crippen MR) is 142 cm³/mol. The maximum Gasteiger partial charge on any atom is 0.317 e. The third-order valence-corrected chi connectivity index (χ3v) is 8.58. The highest BCUT2D eigenvalue weighted by Gasteiger charge is 2.48. The molecule has 1 aromatic carbocycles. The lowest BCUT2D eigenvalue weighted by atomic mass is 9.78. The van der Waals surface area contributed by atoms with E-state index in [1.165, 1.54) is 6.33 Å². The van der Waals surface area contributed by atoms with Crippen LogP contribution in [0.3, 0.4) is 0 Å². The highest BCUT2D eigenvalue weighted by Crippen LogP contribution is 2.41. The molecule has 1 aliphatic carbocycles. The lowest BCUT2D eigenvalue weighted by molar-refractivity contribution is -0.151. The van der Waals surface area contributed by atoms with E-state index in [-0.39, 0.29) is 30.7 Å². The fraction of sp³-hybridized carbons (Fsp3) is 0.517. The molecule has 10 nitrogen and oxygen atoms in total. The van der Waals surface area contributed by atoms with Crippen molar-refractivity contribution < 1.29 is 23.9 Å². The van der Waals surface area contributed by atoms with Crippen molar-refractivity contribution >= 4 is 23.6 Å². The summed E-state index contributed by atoms with van der Waals surface area (Å²) in [7, 11) is 0. The fourth-order valence-corrected chi connectivity index (χ4v) is 6.45. The number of aryl methyl sites for hydroxylation is 2. The van der Waals surface area contributed by atoms with E-state index in [9.17, 15) is 19.2 Å². The number of nitrogens with two attached hydrogens (primary N) is 1. The van der Waals surface area contributed by atoms with E-state index < -0.39 is 11.3 Å². The molecule has 3 unspecified atom stereocenters. The molecule has 3 fully saturated rings. The first kappa shape index (κ1) is 26.9. The minimum atomic E-state index is -1.01. The second kappa shape index (κ2) is 10.8. The van der Waals surface area contributed by atoms with Crippen molar-refractivity contribution in [3.63, 3.8) is 0 Å². The van der Waals surface area contributed by atoms with Crippen LogP contribution >= 0.6 is 0 Å². The Morgan fingerprint density at radius 2 is 1.67 bits per heavy atom. The Labute approximate surface area is 227 Å². The Morgan fingerprint density at radius 3 is 2.23 bits per heavy atom. The van der Waals surface area contributed by atoms with Gasteiger partial charge in [-0.05, 0) is 56.2 Å². The van der Waals surface area contributed by atoms with Crippen LogP contribution in [-0.2, 0) is 19.7 Å². The number of carbonyl (C=O) groups excluding carboxylic acids is 4. The molecule has 2 N–H and O–H groups in total. The first-order valence-corrected chi connectivity index (χ1v) is 13.6. The van der Waals surface area contributed by atoms with Crippen molar-refractivity contribution in [3.8, 4) is 0 Å². The van der Waals surface area contributed by atoms with Crippen molar-refractivity contribution in [2.75, 3.05) is 39.3 Å². The summed E-state index contributed by atoms with van der Waals surface area (Å²) in [4.78, 5) is 62.7. The van der Waals surface area contributed by atoms with Crippen LogP contribution in [0.1, 0.15) is 63.4 Å². The molecule has 2 saturated heterocycles. The van der Waals surface area contributed by atoms with Crippen LogP contribution in [0.5, 0.6) is 0 Å². The van der Waals surface area contributed by atoms with E-state index in [2.05, 4.69) is 14.9 Å². The molecular formula is C29H35N5O5. The van der Waals surface area contributed by atoms with Gasteiger partial charge in [-0.25, -0.2) is 9.97 Å². The van der Waals surface area contributed by atoms with Gasteiger partial charge in [-0.1, -0.05) is 12.1 Å². The highest BCUT2D eigenvalue weighted by atomic mass is 16.5. The average molecular weight is 534 g/mol. The van der Waals surface area contributed by atoms with Gasteiger partial charge >= 0.3 is 5.97 Å². The van der Waals surface area contributed by atoms with Crippen molar-refractivity contribution in [1.29, 1.82) is 0 Å². The average Bonchev–Trinajstić information content (AvgIpc) is 3.60. The number of nitrogens with zero attached hydrogens (tertiary/aromatic N) is 4. The zero-order chi connectivity index (χ0) is 27.7. The van der Waals surface area contributed by atoms with Gasteiger partial charge in [-0.15, -0.1) is 0 Å². The molecule has 2 amide bonds. The lowest BCUT2D eigenvalue weighted by Crippen LogP contribution is -2.36. The van der Waals surface area contributed by atoms with Crippen LogP contribution in [-0.4, -0.2) is 82.7 Å². The van der Waals surface area contributed by atoms with Gasteiger partial charge in [-0.2, -0.15) is 0 Å². The SMILES string of the molecule is Cc1ncnc(C)c1C(=O)N1CC2CN(CCCOC(=O)C3(c4ccc(C(N)=O)cc4)CCC(=O)C3)CC2C1. The summed E-state index contributed by atoms with van der Waals surface area (Å²) in [6, 6.07) is 6.57. The van der Waals surface area contributed by atoms with E-state index in [0.717, 1.165) is 32.7 Å². The summed E-state index contributed by atoms with van der Waals surface area (Å²) in [5.74, 6) is -0.0184. The van der Waals surface area contributed by atoms with Crippen LogP contribution in [0.2, 0.25) is 0 Å². The van der Waals surface area contributed by atoms with Gasteiger partial charge in [0.25, 0.3) is 5.91 Å². The molecule has 10 heteroatoms. The first-order valence-electron chi connectivity index (χ1n) is 13.6. The van der Waals surface area contributed by atoms with Crippen molar-refractivity contribution in [2.24, 2.45) is 17.6 Å². The van der Waals surface area contributed by atoms with Gasteiger partial charge in [0.2, 0.25) is 5.91 Å². The molecule has 2 aliphatic heterocycles. The number of hydrogen-bond donors (Lipinski definition) is 1. The summed E-state index contributed by atoms with van der Waals surface area (Å²) >= 11 is 0. The standard InChI is InChI=1S/C29H35N5O5/c1-18-25(19(2)32-17-31-18)27(37)34-15-21-13-33(14-22(21)16-34)10-3-11-39-28(38)29(9-8-24(35)12-29)23-6-4-20(5-7-23)26(30)36/h4-7,17,21-22H,3,8-16H2,1-2H3,(H2,30,36). The third kappa shape index (κ3) is 5.30. The number of Topliss-reactive ketones (excluding diaryl/α,β-unsaturated/α-hetero) is 1. The zero-order valence-electron chi connectivity index (χ0n) is 22.5. The molecule has 2 aromatic rings. The molecule has 1 saturated carbocycles. The Bertz CT molecular complexity index is 1260. The molecule has 0 bridgehead atoms. The maximum atomic E-state index is 13.2. The van der Waals surface area contributed by atoms with Crippen molar-refractivity contribution in [1.82, 2.24) is 19.8 Å². The number of primary amides is 1. The van der Waals surface area contributed by atoms with Crippen LogP contribution < -0.4 is 5.73 Å². The van der Waals surface area contributed by atoms with Gasteiger partial charge in [0, 0.05) is 51.1 Å². The van der Waals surface area contributed by atoms with Crippen LogP contribution in [0.25, 0.3) is 0 Å². The summed E-state index contributed by atoms with van der Waals surface area (Å²) in [5, 5.41) is 0. The Morgan fingerprint density at radius 1 is 1.03 bits per heavy atom. The smallest absolute Gasteiger partial charge is 0.317 e. The molecule has 0 spiro atoms. The van der Waals surface area contributed by atoms with Crippen LogP contribution in [0, 0.1) is 25.7 Å². The second-order valence-corrected chi connectivity index (χ2v) is 11.1. The second-order valence-electron chi connectivity index (χ2n) is 11.1. The summed E-state index contributed by atoms with van der Waals surface area (Å²) in [6.45, 7) is 8.06. The molecular weight excluding hydrogens is 498 g/mol. The third-order valence-electron chi connectivity index (χ3n) is 8.58. The molecule has 3 heterocycles. The van der Waals surface area contributed by atoms with Crippen molar-refractivity contribution in [2.45, 2.75) is 44.9 Å². The van der Waals surface area contributed by atoms with E-state index in [4.69, 9.17) is 10.5 Å². The monoisotopic (exact) mass is 533 g/mol. The Balaban J connectivity index is 1.11. The molecule has 0 radical (unpaired) electrons. The number of ketones is 1. The van der Waals surface area contributed by atoms with Gasteiger partial charge in [-0.3, -0.25) is 19.2 Å². The molecule has 5 rings (SSSR count). The number of likely N-dealkylation sites (tertiary alicyclic amines) is 2. The van der Waals surface area contributed by atoms with E-state index in [1.807, 2.05) is 18.7 Å². The highest BCUT2D eigenvalue weighted by molar-refractivity contribution is 5.97. The maximum absolute atomic E-state index is 13.2. The van der Waals surface area contributed by atoms with Gasteiger partial charge < -0.3 is 20.3 Å². The zero-order valence-corrected chi connectivity index (χ0v) is 22.5. The number of ether oxygens (including phenoxy) is 1. The van der Waals surface area contributed by atoms with Crippen molar-refractivity contribution in [3.05, 3.63) is 58.7 Å². The first-order chi connectivity index (χ1) is 18.7. The largest absolute Gasteiger partial charge is 0.465 e. The molecule has 39 heavy (non-hydrogen) atoms. The van der Waals surface area contributed by atoms with Crippen LogP contribution in [0.4, 0.5) is 0 Å². The Kier molecular flexibility index (Phi) is 7.48. The summed E-state index contributed by atoms with van der Waals surface area (Å²) < 4.78 is 5.71. The summed E-state index contributed by atoms with van der Waals surface area (Å²) in [6.07, 6.45) is 3.03. The summed E-state index contributed by atoms with van der Waals surface area (Å²) in [5.41, 5.74) is 7.41. The van der Waals surface area contributed by atoms with E-state index >= 15 is 0 Å². The normalized spacial score (nSPS) is 24.7. The number of hydrogen-bond acceptors (Lipinski definition) is 8. The minimum Gasteiger partial charge on any atom is -0.465 e. The lowest BCUT2D eigenvalue weighted by Gasteiger charge is -2.27. The number of benzene rings is 1.